The predicted molar refractivity (Wildman–Crippen MR) is 75.8 cm³/mol. The summed E-state index contributed by atoms with van der Waals surface area (Å²) in [4.78, 5) is 2.45. The van der Waals surface area contributed by atoms with E-state index in [-0.39, 0.29) is 0 Å². The molecule has 100 valence electrons. The Balaban J connectivity index is 1.77. The van der Waals surface area contributed by atoms with Gasteiger partial charge in [-0.1, -0.05) is 11.6 Å². The maximum Gasteiger partial charge on any atom is 0.137 e. The molecule has 0 unspecified atom stereocenters. The second-order valence-electron chi connectivity index (χ2n) is 4.37. The van der Waals surface area contributed by atoms with E-state index in [2.05, 4.69) is 15.5 Å². The fraction of sp³-hybridized carbons (Fsp3) is 0.538. The van der Waals surface area contributed by atoms with Crippen molar-refractivity contribution < 1.29 is 4.74 Å². The van der Waals surface area contributed by atoms with Crippen molar-refractivity contribution >= 4 is 17.3 Å². The lowest BCUT2D eigenvalue weighted by Gasteiger charge is -2.27. The second kappa shape index (κ2) is 6.83. The average Bonchev–Trinajstić information content (AvgIpc) is 2.40. The summed E-state index contributed by atoms with van der Waals surface area (Å²) in [6.07, 6.45) is 0. The minimum atomic E-state index is 0.643. The van der Waals surface area contributed by atoms with Crippen LogP contribution in [0.4, 0.5) is 5.69 Å². The lowest BCUT2D eigenvalue weighted by atomic mass is 10.3. The van der Waals surface area contributed by atoms with E-state index in [1.54, 1.807) is 7.11 Å². The predicted octanol–water partition coefficient (Wildman–Crippen LogP) is 1.67. The summed E-state index contributed by atoms with van der Waals surface area (Å²) >= 11 is 6.07. The Hall–Kier alpha value is -0.970. The van der Waals surface area contributed by atoms with E-state index in [4.69, 9.17) is 16.3 Å². The van der Waals surface area contributed by atoms with Gasteiger partial charge in [-0.25, -0.2) is 0 Å². The van der Waals surface area contributed by atoms with E-state index in [0.717, 1.165) is 45.0 Å². The highest BCUT2D eigenvalue weighted by atomic mass is 35.5. The molecule has 1 aromatic rings. The van der Waals surface area contributed by atoms with Crippen LogP contribution in [0.25, 0.3) is 0 Å². The summed E-state index contributed by atoms with van der Waals surface area (Å²) in [5.74, 6) is 0.712. The Kier molecular flexibility index (Phi) is 5.11. The van der Waals surface area contributed by atoms with Crippen LogP contribution in [0.2, 0.25) is 5.02 Å². The summed E-state index contributed by atoms with van der Waals surface area (Å²) in [5, 5.41) is 7.37. The van der Waals surface area contributed by atoms with E-state index in [0.29, 0.717) is 10.8 Å². The third kappa shape index (κ3) is 3.77. The van der Waals surface area contributed by atoms with Crippen LogP contribution in [0.15, 0.2) is 18.2 Å². The Morgan fingerprint density at radius 2 is 2.17 bits per heavy atom. The molecule has 5 heteroatoms. The van der Waals surface area contributed by atoms with Crippen LogP contribution in [0.5, 0.6) is 5.75 Å². The molecule has 0 amide bonds. The first-order chi connectivity index (χ1) is 8.79. The normalized spacial score (nSPS) is 16.6. The molecule has 2 rings (SSSR count). The molecule has 0 radical (unpaired) electrons. The Labute approximate surface area is 113 Å². The molecule has 1 aliphatic heterocycles. The Morgan fingerprint density at radius 1 is 1.39 bits per heavy atom. The summed E-state index contributed by atoms with van der Waals surface area (Å²) in [7, 11) is 1.62. The molecule has 1 aliphatic rings. The zero-order chi connectivity index (χ0) is 12.8. The van der Waals surface area contributed by atoms with Gasteiger partial charge in [-0.3, -0.25) is 4.90 Å². The largest absolute Gasteiger partial charge is 0.495 e. The van der Waals surface area contributed by atoms with Crippen molar-refractivity contribution in [3.8, 4) is 5.75 Å². The molecule has 1 saturated heterocycles. The van der Waals surface area contributed by atoms with Gasteiger partial charge < -0.3 is 15.4 Å². The minimum Gasteiger partial charge on any atom is -0.495 e. The van der Waals surface area contributed by atoms with E-state index < -0.39 is 0 Å². The fourth-order valence-corrected chi connectivity index (χ4v) is 2.33. The number of anilines is 1. The highest BCUT2D eigenvalue weighted by Gasteiger charge is 2.08. The molecule has 0 spiro atoms. The van der Waals surface area contributed by atoms with E-state index in [9.17, 15) is 0 Å². The third-order valence-corrected chi connectivity index (χ3v) is 3.41. The molecule has 1 heterocycles. The van der Waals surface area contributed by atoms with Gasteiger partial charge in [-0.15, -0.1) is 0 Å². The number of rotatable bonds is 5. The number of methoxy groups -OCH3 is 1. The molecule has 1 fully saturated rings. The van der Waals surface area contributed by atoms with Crippen molar-refractivity contribution in [1.82, 2.24) is 10.2 Å². The first-order valence-corrected chi connectivity index (χ1v) is 6.68. The van der Waals surface area contributed by atoms with Gasteiger partial charge in [0.15, 0.2) is 0 Å². The summed E-state index contributed by atoms with van der Waals surface area (Å²) in [6, 6.07) is 5.77. The maximum absolute atomic E-state index is 6.07. The van der Waals surface area contributed by atoms with E-state index in [1.807, 2.05) is 18.2 Å². The van der Waals surface area contributed by atoms with Crippen LogP contribution in [-0.4, -0.2) is 51.3 Å². The molecule has 0 atom stereocenters. The molecule has 2 N–H and O–H groups in total. The van der Waals surface area contributed by atoms with Gasteiger partial charge in [0.05, 0.1) is 12.1 Å². The zero-order valence-electron chi connectivity index (χ0n) is 10.7. The standard InChI is InChI=1S/C13H20ClN3O/c1-18-13-3-2-11(10-12(13)14)16-6-9-17-7-4-15-5-8-17/h2-3,10,15-16H,4-9H2,1H3. The van der Waals surface area contributed by atoms with Gasteiger partial charge in [-0.05, 0) is 18.2 Å². The summed E-state index contributed by atoms with van der Waals surface area (Å²) in [6.45, 7) is 6.44. The van der Waals surface area contributed by atoms with E-state index in [1.165, 1.54) is 0 Å². The van der Waals surface area contributed by atoms with Gasteiger partial charge >= 0.3 is 0 Å². The second-order valence-corrected chi connectivity index (χ2v) is 4.77. The van der Waals surface area contributed by atoms with Crippen molar-refractivity contribution in [2.24, 2.45) is 0 Å². The fourth-order valence-electron chi connectivity index (χ4n) is 2.07. The number of hydrogen-bond acceptors (Lipinski definition) is 4. The lowest BCUT2D eigenvalue weighted by molar-refractivity contribution is 0.249. The molecular weight excluding hydrogens is 250 g/mol. The van der Waals surface area contributed by atoms with Gasteiger partial charge in [0.25, 0.3) is 0 Å². The minimum absolute atomic E-state index is 0.643. The van der Waals surface area contributed by atoms with Crippen molar-refractivity contribution in [2.45, 2.75) is 0 Å². The van der Waals surface area contributed by atoms with Crippen LogP contribution >= 0.6 is 11.6 Å². The summed E-state index contributed by atoms with van der Waals surface area (Å²) < 4.78 is 5.12. The topological polar surface area (TPSA) is 36.5 Å². The third-order valence-electron chi connectivity index (χ3n) is 3.12. The van der Waals surface area contributed by atoms with Gasteiger partial charge in [0, 0.05) is 45.0 Å². The quantitative estimate of drug-likeness (QED) is 0.853. The van der Waals surface area contributed by atoms with Crippen molar-refractivity contribution in [3.63, 3.8) is 0 Å². The van der Waals surface area contributed by atoms with Crippen LogP contribution in [-0.2, 0) is 0 Å². The monoisotopic (exact) mass is 269 g/mol. The van der Waals surface area contributed by atoms with Gasteiger partial charge in [-0.2, -0.15) is 0 Å². The number of piperazine rings is 1. The number of nitrogens with one attached hydrogen (secondary N) is 2. The molecule has 0 aromatic heterocycles. The number of hydrogen-bond donors (Lipinski definition) is 2. The number of nitrogens with zero attached hydrogens (tertiary/aromatic N) is 1. The van der Waals surface area contributed by atoms with Crippen molar-refractivity contribution in [1.29, 1.82) is 0 Å². The molecule has 18 heavy (non-hydrogen) atoms. The number of halogens is 1. The first-order valence-electron chi connectivity index (χ1n) is 6.30. The molecule has 0 bridgehead atoms. The lowest BCUT2D eigenvalue weighted by Crippen LogP contribution is -2.45. The molecule has 4 nitrogen and oxygen atoms in total. The Bertz CT molecular complexity index is 380. The molecule has 1 aromatic carbocycles. The average molecular weight is 270 g/mol. The number of benzene rings is 1. The van der Waals surface area contributed by atoms with E-state index >= 15 is 0 Å². The van der Waals surface area contributed by atoms with Crippen LogP contribution < -0.4 is 15.4 Å². The number of ether oxygens (including phenoxy) is 1. The highest BCUT2D eigenvalue weighted by molar-refractivity contribution is 6.32. The van der Waals surface area contributed by atoms with Crippen LogP contribution in [0, 0.1) is 0 Å². The maximum atomic E-state index is 6.07. The van der Waals surface area contributed by atoms with Crippen LogP contribution in [0.3, 0.4) is 0 Å². The van der Waals surface area contributed by atoms with Crippen molar-refractivity contribution in [3.05, 3.63) is 23.2 Å². The highest BCUT2D eigenvalue weighted by Crippen LogP contribution is 2.26. The SMILES string of the molecule is COc1ccc(NCCN2CCNCC2)cc1Cl. The summed E-state index contributed by atoms with van der Waals surface area (Å²) in [5.41, 5.74) is 1.04. The van der Waals surface area contributed by atoms with Crippen LogP contribution in [0.1, 0.15) is 0 Å². The first kappa shape index (κ1) is 13.5. The molecular formula is C13H20ClN3O. The van der Waals surface area contributed by atoms with Crippen molar-refractivity contribution in [2.75, 3.05) is 51.7 Å². The molecule has 0 aliphatic carbocycles. The zero-order valence-corrected chi connectivity index (χ0v) is 11.5. The smallest absolute Gasteiger partial charge is 0.137 e. The molecule has 0 saturated carbocycles. The van der Waals surface area contributed by atoms with Gasteiger partial charge in [0.1, 0.15) is 5.75 Å². The Morgan fingerprint density at radius 3 is 2.83 bits per heavy atom. The van der Waals surface area contributed by atoms with Gasteiger partial charge in [0.2, 0.25) is 0 Å².